The summed E-state index contributed by atoms with van der Waals surface area (Å²) >= 11 is 1.53. The minimum Gasteiger partial charge on any atom is -0.428 e. The second-order valence-electron chi connectivity index (χ2n) is 8.89. The topological polar surface area (TPSA) is 82.3 Å². The average molecular weight is 612 g/mol. The number of imidazole rings is 1. The third kappa shape index (κ3) is 6.49. The second kappa shape index (κ2) is 12.0. The molecule has 0 bridgehead atoms. The van der Waals surface area contributed by atoms with Crippen molar-refractivity contribution in [1.29, 1.82) is 0 Å². The summed E-state index contributed by atoms with van der Waals surface area (Å²) in [5.74, 6) is 6.02. The fourth-order valence-electron chi connectivity index (χ4n) is 4.10. The molecule has 0 unspecified atom stereocenters. The molecule has 0 aliphatic heterocycles. The lowest BCUT2D eigenvalue weighted by molar-refractivity contribution is -0.253. The Labute approximate surface area is 240 Å². The highest BCUT2D eigenvalue weighted by Gasteiger charge is 2.44. The van der Waals surface area contributed by atoms with Crippen molar-refractivity contribution in [2.45, 2.75) is 30.5 Å². The number of nitrogens with zero attached hydrogens (tertiary/aromatic N) is 3. The molecule has 4 N–H and O–H groups in total. The zero-order valence-corrected chi connectivity index (χ0v) is 22.9. The average Bonchev–Trinajstić information content (AvgIpc) is 3.35. The number of hydrazine groups is 1. The van der Waals surface area contributed by atoms with Crippen molar-refractivity contribution in [3.05, 3.63) is 96.2 Å². The quantitative estimate of drug-likeness (QED) is 0.0885. The minimum atomic E-state index is -4.70. The molecule has 0 radical (unpaired) electrons. The highest BCUT2D eigenvalue weighted by atomic mass is 32.2. The predicted octanol–water partition coefficient (Wildman–Crippen LogP) is 7.46. The van der Waals surface area contributed by atoms with Gasteiger partial charge in [0.05, 0.1) is 17.1 Å². The molecule has 4 rings (SSSR count). The maximum Gasteiger partial charge on any atom is 0.461 e. The third-order valence-electron chi connectivity index (χ3n) is 6.15. The standard InChI is InChI=1S/C28H24F7N5OS/c1-16-38-25(27(31,32)33)15-39(16)22-11-8-19(18-4-3-5-21(12-18)42-2)13-23(22)40(37)24(14-36)17-6-9-20(10-7-17)41-28(34,35)26(29)30/h3-15,26H,36-37H2,1-2H3/b24-14-. The predicted molar refractivity (Wildman–Crippen MR) is 147 cm³/mol. The van der Waals surface area contributed by atoms with E-state index in [1.54, 1.807) is 18.2 Å². The Balaban J connectivity index is 1.81. The van der Waals surface area contributed by atoms with E-state index < -0.39 is 30.2 Å². The van der Waals surface area contributed by atoms with E-state index in [0.29, 0.717) is 5.56 Å². The lowest BCUT2D eigenvalue weighted by Crippen LogP contribution is -2.33. The zero-order chi connectivity index (χ0) is 30.8. The molecule has 0 aliphatic rings. The molecule has 1 aromatic heterocycles. The van der Waals surface area contributed by atoms with Gasteiger partial charge in [0.2, 0.25) is 0 Å². The molecule has 6 nitrogen and oxygen atoms in total. The van der Waals surface area contributed by atoms with Gasteiger partial charge in [-0.1, -0.05) is 18.2 Å². The summed E-state index contributed by atoms with van der Waals surface area (Å²) in [5.41, 5.74) is 7.12. The molecule has 0 saturated heterocycles. The van der Waals surface area contributed by atoms with Crippen molar-refractivity contribution in [3.8, 4) is 22.6 Å². The molecule has 42 heavy (non-hydrogen) atoms. The van der Waals surface area contributed by atoms with Crippen molar-refractivity contribution < 1.29 is 35.5 Å². The molecule has 14 heteroatoms. The Kier molecular flexibility index (Phi) is 8.78. The number of hydrogen-bond donors (Lipinski definition) is 2. The SMILES string of the molecule is CSc1cccc(-c2ccc(-n3cc(C(F)(F)F)nc3C)c(N(N)/C(=C\N)c3ccc(OC(F)(F)C(F)F)cc3)c2)c1. The van der Waals surface area contributed by atoms with Gasteiger partial charge < -0.3 is 15.0 Å². The summed E-state index contributed by atoms with van der Waals surface area (Å²) in [5, 5.41) is 1.12. The van der Waals surface area contributed by atoms with Crippen LogP contribution in [0.2, 0.25) is 0 Å². The van der Waals surface area contributed by atoms with Crippen LogP contribution in [-0.4, -0.2) is 28.3 Å². The van der Waals surface area contributed by atoms with Crippen LogP contribution in [0.5, 0.6) is 5.75 Å². The van der Waals surface area contributed by atoms with Crippen LogP contribution >= 0.6 is 11.8 Å². The number of alkyl halides is 7. The van der Waals surface area contributed by atoms with Gasteiger partial charge in [0.15, 0.2) is 5.69 Å². The lowest BCUT2D eigenvalue weighted by atomic mass is 10.0. The van der Waals surface area contributed by atoms with Crippen molar-refractivity contribution in [2.75, 3.05) is 11.3 Å². The number of hydrogen-bond acceptors (Lipinski definition) is 6. The molecule has 0 atom stereocenters. The van der Waals surface area contributed by atoms with E-state index in [-0.39, 0.29) is 28.5 Å². The number of benzene rings is 3. The van der Waals surface area contributed by atoms with Crippen LogP contribution in [0.1, 0.15) is 17.1 Å². The Morgan fingerprint density at radius 2 is 1.67 bits per heavy atom. The summed E-state index contributed by atoms with van der Waals surface area (Å²) in [6.45, 7) is 1.41. The van der Waals surface area contributed by atoms with Crippen LogP contribution in [0.3, 0.4) is 0 Å². The largest absolute Gasteiger partial charge is 0.461 e. The summed E-state index contributed by atoms with van der Waals surface area (Å²) in [6, 6.07) is 17.1. The molecule has 0 fully saturated rings. The second-order valence-corrected chi connectivity index (χ2v) is 9.77. The maximum atomic E-state index is 13.5. The van der Waals surface area contributed by atoms with E-state index in [4.69, 9.17) is 11.6 Å². The van der Waals surface area contributed by atoms with Gasteiger partial charge in [-0.25, -0.2) is 10.8 Å². The molecular weight excluding hydrogens is 587 g/mol. The Morgan fingerprint density at radius 1 is 1.00 bits per heavy atom. The highest BCUT2D eigenvalue weighted by molar-refractivity contribution is 7.98. The number of nitrogens with two attached hydrogens (primary N) is 2. The highest BCUT2D eigenvalue weighted by Crippen LogP contribution is 2.37. The summed E-state index contributed by atoms with van der Waals surface area (Å²) < 4.78 is 97.4. The van der Waals surface area contributed by atoms with Crippen LogP contribution < -0.4 is 21.3 Å². The first kappa shape index (κ1) is 30.8. The maximum absolute atomic E-state index is 13.5. The third-order valence-corrected chi connectivity index (χ3v) is 6.87. The molecule has 4 aromatic rings. The van der Waals surface area contributed by atoms with E-state index in [1.165, 1.54) is 35.4 Å². The van der Waals surface area contributed by atoms with Gasteiger partial charge in [0, 0.05) is 22.9 Å². The molecule has 3 aromatic carbocycles. The number of ether oxygens (including phenoxy) is 1. The Bertz CT molecular complexity index is 1590. The molecular formula is C28H24F7N5OS. The molecule has 0 saturated carbocycles. The van der Waals surface area contributed by atoms with E-state index in [1.807, 2.05) is 30.5 Å². The number of anilines is 1. The van der Waals surface area contributed by atoms with Gasteiger partial charge in [0.1, 0.15) is 11.6 Å². The monoisotopic (exact) mass is 611 g/mol. The van der Waals surface area contributed by atoms with Crippen molar-refractivity contribution in [2.24, 2.45) is 11.6 Å². The minimum absolute atomic E-state index is 0.0360. The zero-order valence-electron chi connectivity index (χ0n) is 22.0. The molecule has 0 amide bonds. The number of aromatic nitrogens is 2. The lowest BCUT2D eigenvalue weighted by Gasteiger charge is -2.26. The van der Waals surface area contributed by atoms with E-state index in [9.17, 15) is 30.7 Å². The first-order valence-corrected chi connectivity index (χ1v) is 13.3. The van der Waals surface area contributed by atoms with E-state index in [0.717, 1.165) is 40.0 Å². The fourth-order valence-corrected chi connectivity index (χ4v) is 4.56. The van der Waals surface area contributed by atoms with Gasteiger partial charge in [-0.05, 0) is 72.8 Å². The molecule has 0 aliphatic carbocycles. The summed E-state index contributed by atoms with van der Waals surface area (Å²) in [7, 11) is 0. The number of halogens is 7. The normalized spacial score (nSPS) is 12.6. The van der Waals surface area contributed by atoms with Gasteiger partial charge in [-0.2, -0.15) is 30.7 Å². The summed E-state index contributed by atoms with van der Waals surface area (Å²) in [6.07, 6.45) is -9.56. The summed E-state index contributed by atoms with van der Waals surface area (Å²) in [4.78, 5) is 4.62. The first-order valence-electron chi connectivity index (χ1n) is 12.1. The molecule has 1 heterocycles. The van der Waals surface area contributed by atoms with E-state index in [2.05, 4.69) is 9.72 Å². The van der Waals surface area contributed by atoms with Crippen LogP contribution in [0.4, 0.5) is 36.4 Å². The van der Waals surface area contributed by atoms with Crippen LogP contribution in [0.25, 0.3) is 22.5 Å². The smallest absolute Gasteiger partial charge is 0.428 e. The fraction of sp³-hybridized carbons (Fsp3) is 0.179. The number of rotatable bonds is 9. The first-order chi connectivity index (χ1) is 19.7. The number of thioether (sulfide) groups is 1. The van der Waals surface area contributed by atoms with Crippen molar-refractivity contribution in [1.82, 2.24) is 9.55 Å². The van der Waals surface area contributed by atoms with Gasteiger partial charge in [-0.15, -0.1) is 11.8 Å². The Morgan fingerprint density at radius 3 is 2.24 bits per heavy atom. The number of aryl methyl sites for hydroxylation is 1. The van der Waals surface area contributed by atoms with Crippen molar-refractivity contribution >= 4 is 23.1 Å². The van der Waals surface area contributed by atoms with E-state index >= 15 is 0 Å². The van der Waals surface area contributed by atoms with Crippen LogP contribution in [-0.2, 0) is 6.18 Å². The molecule has 222 valence electrons. The van der Waals surface area contributed by atoms with Gasteiger partial charge in [0.25, 0.3) is 0 Å². The Hall–Kier alpha value is -4.17. The van der Waals surface area contributed by atoms with Gasteiger partial charge in [-0.3, -0.25) is 5.01 Å². The van der Waals surface area contributed by atoms with Crippen LogP contribution in [0, 0.1) is 6.92 Å². The molecule has 0 spiro atoms. The van der Waals surface area contributed by atoms with Crippen LogP contribution in [0.15, 0.2) is 84.0 Å². The van der Waals surface area contributed by atoms with Crippen molar-refractivity contribution in [3.63, 3.8) is 0 Å². The van der Waals surface area contributed by atoms with Gasteiger partial charge >= 0.3 is 18.7 Å².